The quantitative estimate of drug-likeness (QED) is 0.720. The number of nitrogens with zero attached hydrogens (tertiary/aromatic N) is 2. The number of sulfonamides is 1. The molecule has 1 aromatic rings. The van der Waals surface area contributed by atoms with Gasteiger partial charge in [-0.15, -0.1) is 0 Å². The zero-order chi connectivity index (χ0) is 14.1. The molecule has 0 spiro atoms. The van der Waals surface area contributed by atoms with Crippen molar-refractivity contribution in [2.75, 3.05) is 25.9 Å². The fraction of sp³-hybridized carbons (Fsp3) is 0.462. The van der Waals surface area contributed by atoms with Crippen molar-refractivity contribution in [3.63, 3.8) is 0 Å². The standard InChI is InChI=1S/C13H19N3O2S/c1-16(12-13-6-3-2-4-7-13)10-5-9-15-19(17,18)11-8-14/h2-4,6-7,15H,5,9-12H2,1H3. The molecule has 1 rings (SSSR count). The topological polar surface area (TPSA) is 73.2 Å². The van der Waals surface area contributed by atoms with Crippen LogP contribution in [0.5, 0.6) is 0 Å². The van der Waals surface area contributed by atoms with Crippen molar-refractivity contribution in [2.24, 2.45) is 0 Å². The summed E-state index contributed by atoms with van der Waals surface area (Å²) in [6, 6.07) is 11.7. The van der Waals surface area contributed by atoms with Crippen LogP contribution in [0.2, 0.25) is 0 Å². The first kappa shape index (κ1) is 15.6. The lowest BCUT2D eigenvalue weighted by molar-refractivity contribution is 0.322. The zero-order valence-corrected chi connectivity index (χ0v) is 11.9. The van der Waals surface area contributed by atoms with Crippen molar-refractivity contribution in [1.29, 1.82) is 5.26 Å². The third-order valence-electron chi connectivity index (χ3n) is 2.59. The zero-order valence-electron chi connectivity index (χ0n) is 11.0. The molecule has 1 N–H and O–H groups in total. The maximum atomic E-state index is 11.2. The van der Waals surface area contributed by atoms with Gasteiger partial charge in [0.05, 0.1) is 6.07 Å². The third kappa shape index (κ3) is 6.91. The highest BCUT2D eigenvalue weighted by Crippen LogP contribution is 2.02. The average molecular weight is 281 g/mol. The Balaban J connectivity index is 2.21. The highest BCUT2D eigenvalue weighted by Gasteiger charge is 2.08. The summed E-state index contributed by atoms with van der Waals surface area (Å²) in [5.41, 5.74) is 1.23. The Morgan fingerprint density at radius 2 is 2.00 bits per heavy atom. The number of nitriles is 1. The van der Waals surface area contributed by atoms with E-state index in [0.717, 1.165) is 13.1 Å². The first-order valence-electron chi connectivity index (χ1n) is 6.10. The molecule has 0 aromatic heterocycles. The van der Waals surface area contributed by atoms with Gasteiger partial charge in [-0.05, 0) is 25.6 Å². The van der Waals surface area contributed by atoms with Crippen molar-refractivity contribution in [3.05, 3.63) is 35.9 Å². The van der Waals surface area contributed by atoms with E-state index in [0.29, 0.717) is 13.0 Å². The van der Waals surface area contributed by atoms with E-state index in [2.05, 4.69) is 21.8 Å². The predicted molar refractivity (Wildman–Crippen MR) is 74.8 cm³/mol. The van der Waals surface area contributed by atoms with Crippen LogP contribution in [0, 0.1) is 11.3 Å². The highest BCUT2D eigenvalue weighted by atomic mass is 32.2. The van der Waals surface area contributed by atoms with Crippen LogP contribution >= 0.6 is 0 Å². The lowest BCUT2D eigenvalue weighted by Crippen LogP contribution is -2.29. The number of hydrogen-bond acceptors (Lipinski definition) is 4. The summed E-state index contributed by atoms with van der Waals surface area (Å²) in [4.78, 5) is 2.13. The normalized spacial score (nSPS) is 11.4. The molecule has 0 heterocycles. The third-order valence-corrected chi connectivity index (χ3v) is 3.74. The Morgan fingerprint density at radius 3 is 2.63 bits per heavy atom. The van der Waals surface area contributed by atoms with Gasteiger partial charge < -0.3 is 4.90 Å². The van der Waals surface area contributed by atoms with Crippen molar-refractivity contribution in [1.82, 2.24) is 9.62 Å². The van der Waals surface area contributed by atoms with E-state index < -0.39 is 15.8 Å². The molecule has 0 unspecified atom stereocenters. The van der Waals surface area contributed by atoms with Gasteiger partial charge in [0.15, 0.2) is 5.75 Å². The van der Waals surface area contributed by atoms with E-state index in [1.165, 1.54) is 5.56 Å². The molecule has 0 bridgehead atoms. The molecule has 0 aliphatic rings. The summed E-state index contributed by atoms with van der Waals surface area (Å²) >= 11 is 0. The van der Waals surface area contributed by atoms with Gasteiger partial charge >= 0.3 is 0 Å². The largest absolute Gasteiger partial charge is 0.302 e. The van der Waals surface area contributed by atoms with Gasteiger partial charge in [0.2, 0.25) is 10.0 Å². The molecule has 0 saturated heterocycles. The number of benzene rings is 1. The Hall–Kier alpha value is -1.42. The van der Waals surface area contributed by atoms with Crippen molar-refractivity contribution in [3.8, 4) is 6.07 Å². The first-order chi connectivity index (χ1) is 9.03. The van der Waals surface area contributed by atoms with E-state index >= 15 is 0 Å². The Bertz CT molecular complexity index is 508. The minimum atomic E-state index is -3.42. The van der Waals surface area contributed by atoms with Crippen LogP contribution in [0.1, 0.15) is 12.0 Å². The summed E-state index contributed by atoms with van der Waals surface area (Å²) in [5.74, 6) is -0.479. The van der Waals surface area contributed by atoms with Crippen molar-refractivity contribution in [2.45, 2.75) is 13.0 Å². The molecule has 0 fully saturated rings. The summed E-state index contributed by atoms with van der Waals surface area (Å²) < 4.78 is 24.8. The molecular formula is C13H19N3O2S. The van der Waals surface area contributed by atoms with Crippen LogP contribution in [0.3, 0.4) is 0 Å². The van der Waals surface area contributed by atoms with Gasteiger partial charge in [0.25, 0.3) is 0 Å². The van der Waals surface area contributed by atoms with Gasteiger partial charge in [-0.25, -0.2) is 13.1 Å². The van der Waals surface area contributed by atoms with Gasteiger partial charge in [0, 0.05) is 13.1 Å². The molecule has 19 heavy (non-hydrogen) atoms. The van der Waals surface area contributed by atoms with E-state index in [1.54, 1.807) is 6.07 Å². The number of hydrogen-bond donors (Lipinski definition) is 1. The van der Waals surface area contributed by atoms with Crippen LogP contribution in [-0.4, -0.2) is 39.2 Å². The molecule has 0 radical (unpaired) electrons. The predicted octanol–water partition coefficient (Wildman–Crippen LogP) is 0.951. The fourth-order valence-electron chi connectivity index (χ4n) is 1.69. The second kappa shape index (κ2) is 7.89. The molecule has 104 valence electrons. The highest BCUT2D eigenvalue weighted by molar-refractivity contribution is 7.89. The fourth-order valence-corrected chi connectivity index (χ4v) is 2.41. The van der Waals surface area contributed by atoms with Crippen LogP contribution in [-0.2, 0) is 16.6 Å². The van der Waals surface area contributed by atoms with E-state index in [4.69, 9.17) is 5.26 Å². The van der Waals surface area contributed by atoms with Crippen LogP contribution in [0.4, 0.5) is 0 Å². The monoisotopic (exact) mass is 281 g/mol. The lowest BCUT2D eigenvalue weighted by Gasteiger charge is -2.16. The van der Waals surface area contributed by atoms with Crippen molar-refractivity contribution >= 4 is 10.0 Å². The molecule has 0 saturated carbocycles. The smallest absolute Gasteiger partial charge is 0.225 e. The number of rotatable bonds is 8. The summed E-state index contributed by atoms with van der Waals surface area (Å²) in [6.45, 7) is 2.00. The molecule has 0 aliphatic heterocycles. The van der Waals surface area contributed by atoms with Gasteiger partial charge in [0.1, 0.15) is 0 Å². The Morgan fingerprint density at radius 1 is 1.32 bits per heavy atom. The molecule has 0 atom stereocenters. The molecular weight excluding hydrogens is 262 g/mol. The van der Waals surface area contributed by atoms with Gasteiger partial charge in [-0.2, -0.15) is 5.26 Å². The first-order valence-corrected chi connectivity index (χ1v) is 7.75. The molecule has 0 aliphatic carbocycles. The lowest BCUT2D eigenvalue weighted by atomic mass is 10.2. The van der Waals surface area contributed by atoms with E-state index in [1.807, 2.05) is 25.2 Å². The van der Waals surface area contributed by atoms with Crippen molar-refractivity contribution < 1.29 is 8.42 Å². The maximum absolute atomic E-state index is 11.2. The number of nitrogens with one attached hydrogen (secondary N) is 1. The summed E-state index contributed by atoms with van der Waals surface area (Å²) in [6.07, 6.45) is 0.716. The molecule has 5 nitrogen and oxygen atoms in total. The second-order valence-corrected chi connectivity index (χ2v) is 6.20. The maximum Gasteiger partial charge on any atom is 0.225 e. The van der Waals surface area contributed by atoms with Crippen LogP contribution in [0.15, 0.2) is 30.3 Å². The second-order valence-electron chi connectivity index (χ2n) is 4.39. The Labute approximate surface area is 114 Å². The van der Waals surface area contributed by atoms with Gasteiger partial charge in [-0.3, -0.25) is 0 Å². The molecule has 6 heteroatoms. The minimum absolute atomic E-state index is 0.364. The van der Waals surface area contributed by atoms with E-state index in [-0.39, 0.29) is 0 Å². The minimum Gasteiger partial charge on any atom is -0.302 e. The van der Waals surface area contributed by atoms with E-state index in [9.17, 15) is 8.42 Å². The average Bonchev–Trinajstić information content (AvgIpc) is 2.36. The van der Waals surface area contributed by atoms with Crippen LogP contribution < -0.4 is 4.72 Å². The molecule has 1 aromatic carbocycles. The van der Waals surface area contributed by atoms with Crippen LogP contribution in [0.25, 0.3) is 0 Å². The molecule has 0 amide bonds. The summed E-state index contributed by atoms with van der Waals surface area (Å²) in [5, 5.41) is 8.33. The Kier molecular flexibility index (Phi) is 6.50. The SMILES string of the molecule is CN(CCCNS(=O)(=O)CC#N)Cc1ccccc1. The van der Waals surface area contributed by atoms with Gasteiger partial charge in [-0.1, -0.05) is 30.3 Å². The summed E-state index contributed by atoms with van der Waals surface area (Å²) in [7, 11) is -1.42.